The zero-order valence-corrected chi connectivity index (χ0v) is 32.5. The van der Waals surface area contributed by atoms with E-state index in [1.165, 1.54) is 0 Å². The Morgan fingerprint density at radius 3 is 1.73 bits per heavy atom. The van der Waals surface area contributed by atoms with Gasteiger partial charge in [0.2, 0.25) is 35.4 Å². The van der Waals surface area contributed by atoms with Gasteiger partial charge in [0.05, 0.1) is 28.2 Å². The van der Waals surface area contributed by atoms with E-state index in [0.29, 0.717) is 30.3 Å². The predicted octanol–water partition coefficient (Wildman–Crippen LogP) is -0.796. The number of phenolic OH excluding ortho intramolecular Hbond substituents is 11. The molecule has 0 aromatic heterocycles. The van der Waals surface area contributed by atoms with Gasteiger partial charge < -0.3 is 105 Å². The summed E-state index contributed by atoms with van der Waals surface area (Å²) in [6, 6.07) is 2.52. The zero-order valence-electron chi connectivity index (χ0n) is 32.5. The summed E-state index contributed by atoms with van der Waals surface area (Å²) < 4.78 is 39.3. The number of fused-ring (bicyclic) bond motifs is 3. The van der Waals surface area contributed by atoms with Crippen LogP contribution in [0.2, 0.25) is 0 Å². The van der Waals surface area contributed by atoms with Crippen LogP contribution in [0, 0.1) is 0 Å². The second-order valence-corrected chi connectivity index (χ2v) is 15.5. The van der Waals surface area contributed by atoms with Crippen molar-refractivity contribution in [2.75, 3.05) is 6.61 Å². The van der Waals surface area contributed by atoms with Crippen LogP contribution in [-0.2, 0) is 33.2 Å². The predicted molar refractivity (Wildman–Crippen MR) is 200 cm³/mol. The maximum atomic E-state index is 14.6. The number of cyclic esters (lactones) is 1. The highest BCUT2D eigenvalue weighted by Crippen LogP contribution is 2.62. The molecule has 1 saturated heterocycles. The average molecular weight is 927 g/mol. The van der Waals surface area contributed by atoms with Crippen LogP contribution in [0.15, 0.2) is 30.3 Å². The second kappa shape index (κ2) is 14.3. The molecule has 4 bridgehead atoms. The average Bonchev–Trinajstić information content (AvgIpc) is 3.69. The smallest absolute Gasteiger partial charge is 0.340 e. The molecule has 26 heteroatoms. The highest BCUT2D eigenvalue weighted by Gasteiger charge is 2.73. The van der Waals surface area contributed by atoms with E-state index >= 15 is 0 Å². The van der Waals surface area contributed by atoms with Crippen molar-refractivity contribution in [1.29, 1.82) is 0 Å². The number of hydrogen-bond acceptors (Lipinski definition) is 26. The van der Waals surface area contributed by atoms with Gasteiger partial charge in [-0.05, 0) is 30.3 Å². The van der Waals surface area contributed by atoms with Crippen LogP contribution < -0.4 is 4.74 Å². The van der Waals surface area contributed by atoms with Gasteiger partial charge in [0.15, 0.2) is 69.6 Å². The molecule has 0 radical (unpaired) electrons. The lowest BCUT2D eigenvalue weighted by Gasteiger charge is -2.44. The monoisotopic (exact) mass is 926 g/mol. The van der Waals surface area contributed by atoms with E-state index in [4.69, 9.17) is 33.2 Å². The summed E-state index contributed by atoms with van der Waals surface area (Å²) in [5.74, 6) is -28.7. The lowest BCUT2D eigenvalue weighted by atomic mass is 9.81. The molecule has 0 amide bonds. The van der Waals surface area contributed by atoms with Crippen LogP contribution in [0.1, 0.15) is 59.3 Å². The molecule has 9 rings (SSSR count). The topological polar surface area (TPSA) is 433 Å². The molecular formula is C40H30O26. The molecule has 2 fully saturated rings. The Bertz CT molecular complexity index is 2850. The first-order valence-corrected chi connectivity index (χ1v) is 18.9. The van der Waals surface area contributed by atoms with E-state index in [1.807, 2.05) is 0 Å². The molecule has 0 spiro atoms. The van der Waals surface area contributed by atoms with Gasteiger partial charge in [-0.15, -0.1) is 0 Å². The quantitative estimate of drug-likeness (QED) is 0.0665. The van der Waals surface area contributed by atoms with Crippen molar-refractivity contribution in [2.45, 2.75) is 60.5 Å². The lowest BCUT2D eigenvalue weighted by Crippen LogP contribution is -2.64. The molecular weight excluding hydrogens is 896 g/mol. The number of carbonyl (C=O) groups excluding carboxylic acids is 5. The number of carbonyl (C=O) groups is 5. The number of hydrogen-bond donors (Lipinski definition) is 14. The van der Waals surface area contributed by atoms with Gasteiger partial charge in [0.1, 0.15) is 18.8 Å². The molecule has 1 aliphatic carbocycles. The largest absolute Gasteiger partial charge is 0.504 e. The number of ether oxygens (including phenoxy) is 7. The molecule has 346 valence electrons. The van der Waals surface area contributed by atoms with Crippen LogP contribution in [0.4, 0.5) is 0 Å². The molecule has 4 aliphatic heterocycles. The first kappa shape index (κ1) is 42.9. The first-order valence-electron chi connectivity index (χ1n) is 18.9. The summed E-state index contributed by atoms with van der Waals surface area (Å²) in [5, 5.41) is 151. The Balaban J connectivity index is 1.28. The van der Waals surface area contributed by atoms with E-state index in [2.05, 4.69) is 0 Å². The number of aliphatic hydroxyl groups excluding tert-OH is 1. The third kappa shape index (κ3) is 5.99. The molecule has 1 saturated carbocycles. The highest BCUT2D eigenvalue weighted by atomic mass is 16.8. The van der Waals surface area contributed by atoms with Crippen LogP contribution in [0.3, 0.4) is 0 Å². The van der Waals surface area contributed by atoms with Crippen LogP contribution in [0.25, 0.3) is 11.1 Å². The van der Waals surface area contributed by atoms with Crippen LogP contribution in [-0.4, -0.2) is 156 Å². The summed E-state index contributed by atoms with van der Waals surface area (Å²) >= 11 is 0. The number of benzene rings is 4. The van der Waals surface area contributed by atoms with Gasteiger partial charge in [-0.3, -0.25) is 0 Å². The molecule has 66 heavy (non-hydrogen) atoms. The van der Waals surface area contributed by atoms with E-state index in [0.717, 1.165) is 0 Å². The first-order chi connectivity index (χ1) is 31.0. The Labute approximate surface area is 363 Å². The van der Waals surface area contributed by atoms with Gasteiger partial charge >= 0.3 is 29.8 Å². The Kier molecular flexibility index (Phi) is 9.33. The molecule has 4 aromatic carbocycles. The molecule has 14 N–H and O–H groups in total. The third-order valence-electron chi connectivity index (χ3n) is 11.7. The van der Waals surface area contributed by atoms with Crippen LogP contribution in [0.5, 0.6) is 69.0 Å². The fraction of sp³-hybridized carbons (Fsp3) is 0.275. The van der Waals surface area contributed by atoms with Gasteiger partial charge in [0.25, 0.3) is 0 Å². The number of rotatable bonds is 2. The fourth-order valence-corrected chi connectivity index (χ4v) is 8.60. The van der Waals surface area contributed by atoms with Gasteiger partial charge in [0, 0.05) is 23.1 Å². The van der Waals surface area contributed by atoms with Crippen molar-refractivity contribution in [3.8, 4) is 80.1 Å². The van der Waals surface area contributed by atoms with E-state index in [9.17, 15) is 95.5 Å². The van der Waals surface area contributed by atoms with E-state index in [-0.39, 0.29) is 0 Å². The summed E-state index contributed by atoms with van der Waals surface area (Å²) in [5.41, 5.74) is -10.00. The number of aromatic hydroxyl groups is 11. The Morgan fingerprint density at radius 1 is 0.606 bits per heavy atom. The molecule has 5 aliphatic rings. The molecule has 4 unspecified atom stereocenters. The molecule has 4 heterocycles. The third-order valence-corrected chi connectivity index (χ3v) is 11.7. The van der Waals surface area contributed by atoms with Gasteiger partial charge in [-0.25, -0.2) is 24.0 Å². The minimum atomic E-state index is -3.22. The molecule has 9 atom stereocenters. The van der Waals surface area contributed by atoms with Crippen molar-refractivity contribution in [2.24, 2.45) is 0 Å². The standard InChI is InChI=1S/C40H30O26/c41-12-1-8(2-13(42)22(12)47)33(53)65-37-31-30-28(64-38(57)39(58)6-18(46)40(59)32(39)21-11(36(56)63-31)5-16(45)25(50)29(21)66-40)17(61-37)7-60-34(54)9-3-14(43)23(48)26(51)19(9)20-10(35(55)62-30)4-15(44)24(49)27(20)52/h1-5,17-18,28,30-32,37,41-52,58-59H,6-7H2/t17-,18?,28-,30-,31-,32?,37+,39?,40?/m1/s1. The highest BCUT2D eigenvalue weighted by molar-refractivity contribution is 6.08. The lowest BCUT2D eigenvalue weighted by molar-refractivity contribution is -0.289. The number of aliphatic hydroxyl groups is 3. The minimum Gasteiger partial charge on any atom is -0.504 e. The van der Waals surface area contributed by atoms with E-state index in [1.54, 1.807) is 0 Å². The maximum Gasteiger partial charge on any atom is 0.340 e. The SMILES string of the molecule is O=C(O[C@@H]1O[C@@H]2COC(=O)c3cc(O)c(O)c(O)c3-c3c(cc(O)c(O)c3O)C(=O)O[C@H]3[C@H]1OC(=O)c1cc(O)c(O)c4c1C1C(O)(CC(O)C1(O)O4)C(=O)O[C@@H]32)c1cc(O)c(O)c(O)c1. The van der Waals surface area contributed by atoms with Crippen molar-refractivity contribution in [1.82, 2.24) is 0 Å². The number of phenols is 11. The van der Waals surface area contributed by atoms with Crippen molar-refractivity contribution >= 4 is 29.8 Å². The summed E-state index contributed by atoms with van der Waals surface area (Å²) in [6.45, 7) is -1.27. The van der Waals surface area contributed by atoms with Gasteiger partial charge in [-0.2, -0.15) is 0 Å². The fourth-order valence-electron chi connectivity index (χ4n) is 8.60. The Morgan fingerprint density at radius 2 is 1.12 bits per heavy atom. The van der Waals surface area contributed by atoms with Crippen molar-refractivity contribution in [3.05, 3.63) is 58.1 Å². The summed E-state index contributed by atoms with van der Waals surface area (Å²) in [6.07, 6.45) is -15.5. The van der Waals surface area contributed by atoms with Crippen molar-refractivity contribution < 1.29 is 129 Å². The summed E-state index contributed by atoms with van der Waals surface area (Å²) in [4.78, 5) is 71.3. The Hall–Kier alpha value is -8.33. The normalized spacial score (nSPS) is 28.6. The molecule has 26 nitrogen and oxygen atoms in total. The molecule has 4 aromatic rings. The van der Waals surface area contributed by atoms with Crippen LogP contribution >= 0.6 is 0 Å². The minimum absolute atomic E-state index is 0.387. The van der Waals surface area contributed by atoms with Crippen molar-refractivity contribution in [3.63, 3.8) is 0 Å². The second-order valence-electron chi connectivity index (χ2n) is 15.5. The maximum absolute atomic E-state index is 14.6. The summed E-state index contributed by atoms with van der Waals surface area (Å²) in [7, 11) is 0. The van der Waals surface area contributed by atoms with E-state index < -0.39 is 205 Å². The van der Waals surface area contributed by atoms with Gasteiger partial charge in [-0.1, -0.05) is 0 Å². The number of esters is 5. The zero-order chi connectivity index (χ0) is 47.8.